The van der Waals surface area contributed by atoms with Gasteiger partial charge in [0.2, 0.25) is 0 Å². The maximum atomic E-state index is 6.03. The average molecular weight is 279 g/mol. The van der Waals surface area contributed by atoms with Crippen LogP contribution >= 0.6 is 0 Å². The minimum Gasteiger partial charge on any atom is -0.373 e. The van der Waals surface area contributed by atoms with Crippen LogP contribution in [-0.4, -0.2) is 29.0 Å². The van der Waals surface area contributed by atoms with Gasteiger partial charge in [0, 0.05) is 36.9 Å². The number of hydrogen-bond donors (Lipinski definition) is 1. The Morgan fingerprint density at radius 1 is 1.45 bits per heavy atom. The molecular weight excluding hydrogens is 250 g/mol. The molecule has 20 heavy (non-hydrogen) atoms. The Balaban J connectivity index is 2.14. The van der Waals surface area contributed by atoms with E-state index < -0.39 is 0 Å². The predicted octanol–water partition coefficient (Wildman–Crippen LogP) is 2.94. The van der Waals surface area contributed by atoms with E-state index >= 15 is 0 Å². The molecule has 1 aliphatic heterocycles. The van der Waals surface area contributed by atoms with Crippen molar-refractivity contribution in [2.24, 2.45) is 7.05 Å². The highest BCUT2D eigenvalue weighted by Crippen LogP contribution is 2.34. The van der Waals surface area contributed by atoms with Crippen LogP contribution in [0.15, 0.2) is 6.20 Å². The third-order valence-corrected chi connectivity index (χ3v) is 3.88. The van der Waals surface area contributed by atoms with Gasteiger partial charge in [0.15, 0.2) is 0 Å². The Morgan fingerprint density at radius 3 is 2.85 bits per heavy atom. The van der Waals surface area contributed by atoms with Gasteiger partial charge in [0.1, 0.15) is 0 Å². The summed E-state index contributed by atoms with van der Waals surface area (Å²) in [5.74, 6) is 0. The fourth-order valence-electron chi connectivity index (χ4n) is 2.87. The summed E-state index contributed by atoms with van der Waals surface area (Å²) in [6.45, 7) is 10.8. The lowest BCUT2D eigenvalue weighted by atomic mass is 9.86. The molecule has 2 unspecified atom stereocenters. The van der Waals surface area contributed by atoms with E-state index in [-0.39, 0.29) is 11.5 Å². The lowest BCUT2D eigenvalue weighted by Gasteiger charge is -2.31. The number of rotatable bonds is 4. The van der Waals surface area contributed by atoms with Crippen LogP contribution in [-0.2, 0) is 17.2 Å². The topological polar surface area (TPSA) is 39.1 Å². The van der Waals surface area contributed by atoms with Crippen molar-refractivity contribution in [2.75, 3.05) is 13.2 Å². The van der Waals surface area contributed by atoms with Gasteiger partial charge in [0.05, 0.1) is 11.8 Å². The molecule has 0 saturated carbocycles. The molecule has 0 bridgehead atoms. The first-order valence-electron chi connectivity index (χ1n) is 7.80. The van der Waals surface area contributed by atoms with Crippen LogP contribution in [0.5, 0.6) is 0 Å². The fourth-order valence-corrected chi connectivity index (χ4v) is 2.87. The van der Waals surface area contributed by atoms with Crippen molar-refractivity contribution in [3.63, 3.8) is 0 Å². The first-order valence-corrected chi connectivity index (χ1v) is 7.80. The summed E-state index contributed by atoms with van der Waals surface area (Å²) in [6.07, 6.45) is 5.66. The van der Waals surface area contributed by atoms with Crippen LogP contribution < -0.4 is 5.32 Å². The first kappa shape index (κ1) is 15.5. The molecule has 1 fully saturated rings. The highest BCUT2D eigenvalue weighted by Gasteiger charge is 2.30. The third kappa shape index (κ3) is 3.61. The molecule has 1 N–H and O–H groups in total. The largest absolute Gasteiger partial charge is 0.373 e. The van der Waals surface area contributed by atoms with Crippen molar-refractivity contribution in [1.29, 1.82) is 0 Å². The quantitative estimate of drug-likeness (QED) is 0.921. The van der Waals surface area contributed by atoms with E-state index in [1.807, 2.05) is 11.7 Å². The summed E-state index contributed by atoms with van der Waals surface area (Å²) >= 11 is 0. The predicted molar refractivity (Wildman–Crippen MR) is 81.9 cm³/mol. The molecule has 1 aromatic heterocycles. The van der Waals surface area contributed by atoms with Crippen molar-refractivity contribution in [1.82, 2.24) is 15.1 Å². The molecule has 0 radical (unpaired) electrons. The zero-order valence-corrected chi connectivity index (χ0v) is 13.6. The number of hydrogen-bond acceptors (Lipinski definition) is 3. The van der Waals surface area contributed by atoms with E-state index in [1.165, 1.54) is 17.7 Å². The van der Waals surface area contributed by atoms with Crippen molar-refractivity contribution in [3.05, 3.63) is 17.5 Å². The molecular formula is C16H29N3O. The zero-order chi connectivity index (χ0) is 14.8. The Labute approximate surface area is 122 Å². The molecule has 4 heteroatoms. The van der Waals surface area contributed by atoms with E-state index in [2.05, 4.69) is 44.3 Å². The molecule has 2 atom stereocenters. The van der Waals surface area contributed by atoms with Gasteiger partial charge in [-0.2, -0.15) is 5.10 Å². The molecule has 2 heterocycles. The smallest absolute Gasteiger partial charge is 0.0873 e. The number of ether oxygens (including phenoxy) is 1. The molecule has 1 aromatic rings. The Kier molecular flexibility index (Phi) is 4.86. The summed E-state index contributed by atoms with van der Waals surface area (Å²) in [5, 5.41) is 8.29. The van der Waals surface area contributed by atoms with Crippen molar-refractivity contribution >= 4 is 0 Å². The van der Waals surface area contributed by atoms with E-state index in [0.717, 1.165) is 26.0 Å². The average Bonchev–Trinajstić information content (AvgIpc) is 2.79. The summed E-state index contributed by atoms with van der Waals surface area (Å²) < 4.78 is 7.95. The van der Waals surface area contributed by atoms with Gasteiger partial charge >= 0.3 is 0 Å². The van der Waals surface area contributed by atoms with Crippen LogP contribution in [0.2, 0.25) is 0 Å². The van der Waals surface area contributed by atoms with Crippen molar-refractivity contribution in [2.45, 2.75) is 64.5 Å². The maximum Gasteiger partial charge on any atom is 0.0873 e. The molecule has 0 amide bonds. The van der Waals surface area contributed by atoms with Gasteiger partial charge < -0.3 is 10.1 Å². The molecule has 0 spiro atoms. The molecule has 0 aromatic carbocycles. The molecule has 0 aliphatic carbocycles. The molecule has 4 nitrogen and oxygen atoms in total. The SMILES string of the molecule is CCCNC1CCOC(c2cn(C)nc2C(C)(C)C)C1. The lowest BCUT2D eigenvalue weighted by molar-refractivity contribution is -0.000593. The van der Waals surface area contributed by atoms with Gasteiger partial charge in [-0.1, -0.05) is 27.7 Å². The normalized spacial score (nSPS) is 24.1. The Bertz CT molecular complexity index is 433. The fraction of sp³-hybridized carbons (Fsp3) is 0.812. The standard InChI is InChI=1S/C16H29N3O/c1-6-8-17-12-7-9-20-14(10-12)13-11-19(5)18-15(13)16(2,3)4/h11-12,14,17H,6-10H2,1-5H3. The highest BCUT2D eigenvalue weighted by molar-refractivity contribution is 5.27. The summed E-state index contributed by atoms with van der Waals surface area (Å²) in [6, 6.07) is 0.571. The van der Waals surface area contributed by atoms with Gasteiger partial charge in [-0.25, -0.2) is 0 Å². The van der Waals surface area contributed by atoms with E-state index in [9.17, 15) is 0 Å². The Morgan fingerprint density at radius 2 is 2.20 bits per heavy atom. The lowest BCUT2D eigenvalue weighted by Crippen LogP contribution is -2.36. The van der Waals surface area contributed by atoms with E-state index in [4.69, 9.17) is 4.74 Å². The van der Waals surface area contributed by atoms with E-state index in [0.29, 0.717) is 6.04 Å². The van der Waals surface area contributed by atoms with Gasteiger partial charge in [-0.3, -0.25) is 4.68 Å². The highest BCUT2D eigenvalue weighted by atomic mass is 16.5. The van der Waals surface area contributed by atoms with Crippen LogP contribution in [0, 0.1) is 0 Å². The minimum absolute atomic E-state index is 0.0593. The second-order valence-electron chi connectivity index (χ2n) is 6.89. The molecule has 2 rings (SSSR count). The number of aryl methyl sites for hydroxylation is 1. The summed E-state index contributed by atoms with van der Waals surface area (Å²) in [7, 11) is 1.99. The summed E-state index contributed by atoms with van der Waals surface area (Å²) in [5.41, 5.74) is 2.49. The second-order valence-corrected chi connectivity index (χ2v) is 6.89. The van der Waals surface area contributed by atoms with Crippen molar-refractivity contribution in [3.8, 4) is 0 Å². The first-order chi connectivity index (χ1) is 9.41. The number of nitrogens with one attached hydrogen (secondary N) is 1. The van der Waals surface area contributed by atoms with Gasteiger partial charge in [-0.15, -0.1) is 0 Å². The number of aromatic nitrogens is 2. The van der Waals surface area contributed by atoms with Crippen LogP contribution in [0.1, 0.15) is 64.3 Å². The van der Waals surface area contributed by atoms with E-state index in [1.54, 1.807) is 0 Å². The Hall–Kier alpha value is -0.870. The van der Waals surface area contributed by atoms with Gasteiger partial charge in [-0.05, 0) is 25.8 Å². The zero-order valence-electron chi connectivity index (χ0n) is 13.6. The van der Waals surface area contributed by atoms with Crippen LogP contribution in [0.3, 0.4) is 0 Å². The molecule has 114 valence electrons. The van der Waals surface area contributed by atoms with Crippen LogP contribution in [0.25, 0.3) is 0 Å². The third-order valence-electron chi connectivity index (χ3n) is 3.88. The summed E-state index contributed by atoms with van der Waals surface area (Å²) in [4.78, 5) is 0. The van der Waals surface area contributed by atoms with Crippen molar-refractivity contribution < 1.29 is 4.74 Å². The molecule has 1 saturated heterocycles. The maximum absolute atomic E-state index is 6.03. The molecule has 1 aliphatic rings. The monoisotopic (exact) mass is 279 g/mol. The van der Waals surface area contributed by atoms with Gasteiger partial charge in [0.25, 0.3) is 0 Å². The second kappa shape index (κ2) is 6.27. The number of nitrogens with zero attached hydrogens (tertiary/aromatic N) is 2. The minimum atomic E-state index is 0.0593. The van der Waals surface area contributed by atoms with Crippen LogP contribution in [0.4, 0.5) is 0 Å².